The monoisotopic (exact) mass is 363 g/mol. The van der Waals surface area contributed by atoms with Gasteiger partial charge in [-0.15, -0.1) is 5.10 Å². The number of nitrogens with zero attached hydrogens (tertiary/aromatic N) is 4. The van der Waals surface area contributed by atoms with Gasteiger partial charge in [0, 0.05) is 32.4 Å². The molecule has 0 bridgehead atoms. The van der Waals surface area contributed by atoms with Gasteiger partial charge < -0.3 is 5.73 Å². The molecule has 1 aliphatic rings. The molecule has 7 nitrogen and oxygen atoms in total. The number of piperidine rings is 1. The summed E-state index contributed by atoms with van der Waals surface area (Å²) in [7, 11) is -3.26. The minimum atomic E-state index is -3.26. The van der Waals surface area contributed by atoms with Gasteiger partial charge in [0.15, 0.2) is 0 Å². The minimum absolute atomic E-state index is 0.0703. The highest BCUT2D eigenvalue weighted by Crippen LogP contribution is 2.23. The van der Waals surface area contributed by atoms with Crippen LogP contribution in [0, 0.1) is 12.8 Å². The van der Waals surface area contributed by atoms with Crippen LogP contribution in [-0.4, -0.2) is 40.8 Å². The van der Waals surface area contributed by atoms with E-state index in [9.17, 15) is 8.42 Å². The molecule has 0 saturated carbocycles. The second-order valence-electron chi connectivity index (χ2n) is 6.72. The van der Waals surface area contributed by atoms with Crippen molar-refractivity contribution in [3.8, 4) is 0 Å². The first-order valence-electron chi connectivity index (χ1n) is 8.59. The molecule has 2 N–H and O–H groups in total. The summed E-state index contributed by atoms with van der Waals surface area (Å²) in [6.07, 6.45) is 3.54. The summed E-state index contributed by atoms with van der Waals surface area (Å²) in [6, 6.07) is 7.67. The Balaban J connectivity index is 1.54. The summed E-state index contributed by atoms with van der Waals surface area (Å²) >= 11 is 0. The topological polar surface area (TPSA) is 94.1 Å². The minimum Gasteiger partial charge on any atom is -0.325 e. The summed E-state index contributed by atoms with van der Waals surface area (Å²) in [6.45, 7) is 4.28. The SMILES string of the molecule is Cc1ccc(CS(=O)(=O)N2CCC(Cn3cc(CN)nn3)CC2)cc1. The second-order valence-corrected chi connectivity index (χ2v) is 8.69. The van der Waals surface area contributed by atoms with Gasteiger partial charge in [-0.05, 0) is 31.2 Å². The third kappa shape index (κ3) is 4.65. The van der Waals surface area contributed by atoms with E-state index in [1.807, 2.05) is 42.1 Å². The van der Waals surface area contributed by atoms with Crippen LogP contribution in [0.2, 0.25) is 0 Å². The Morgan fingerprint density at radius 2 is 1.88 bits per heavy atom. The molecule has 0 aliphatic carbocycles. The van der Waals surface area contributed by atoms with E-state index in [4.69, 9.17) is 5.73 Å². The molecule has 3 rings (SSSR count). The van der Waals surface area contributed by atoms with Crippen LogP contribution in [0.3, 0.4) is 0 Å². The van der Waals surface area contributed by atoms with Gasteiger partial charge in [-0.25, -0.2) is 12.7 Å². The van der Waals surface area contributed by atoms with Crippen molar-refractivity contribution in [1.29, 1.82) is 0 Å². The number of benzene rings is 1. The molecule has 25 heavy (non-hydrogen) atoms. The van der Waals surface area contributed by atoms with E-state index in [0.717, 1.165) is 36.2 Å². The number of sulfonamides is 1. The molecule has 1 aromatic heterocycles. The zero-order valence-electron chi connectivity index (χ0n) is 14.5. The normalized spacial score (nSPS) is 17.0. The van der Waals surface area contributed by atoms with Crippen LogP contribution in [-0.2, 0) is 28.9 Å². The lowest BCUT2D eigenvalue weighted by Gasteiger charge is -2.31. The number of aryl methyl sites for hydroxylation is 1. The predicted octanol–water partition coefficient (Wildman–Crippen LogP) is 1.29. The van der Waals surface area contributed by atoms with E-state index in [2.05, 4.69) is 10.3 Å². The van der Waals surface area contributed by atoms with E-state index in [-0.39, 0.29) is 5.75 Å². The van der Waals surface area contributed by atoms with E-state index in [1.165, 1.54) is 0 Å². The highest BCUT2D eigenvalue weighted by molar-refractivity contribution is 7.88. The van der Waals surface area contributed by atoms with Crippen molar-refractivity contribution < 1.29 is 8.42 Å². The molecule has 0 atom stereocenters. The Hall–Kier alpha value is -1.77. The van der Waals surface area contributed by atoms with Gasteiger partial charge in [-0.2, -0.15) is 0 Å². The Labute approximate surface area is 148 Å². The quantitative estimate of drug-likeness (QED) is 0.834. The van der Waals surface area contributed by atoms with E-state index >= 15 is 0 Å². The zero-order chi connectivity index (χ0) is 17.9. The molecule has 1 aromatic carbocycles. The maximum absolute atomic E-state index is 12.6. The van der Waals surface area contributed by atoms with Crippen molar-refractivity contribution in [3.63, 3.8) is 0 Å². The van der Waals surface area contributed by atoms with Crippen LogP contribution in [0.5, 0.6) is 0 Å². The summed E-state index contributed by atoms with van der Waals surface area (Å²) in [5.74, 6) is 0.485. The van der Waals surface area contributed by atoms with Crippen molar-refractivity contribution in [2.24, 2.45) is 11.7 Å². The van der Waals surface area contributed by atoms with Crippen LogP contribution in [0.15, 0.2) is 30.5 Å². The van der Waals surface area contributed by atoms with Gasteiger partial charge >= 0.3 is 0 Å². The molecule has 2 aromatic rings. The standard InChI is InChI=1S/C17H25N5O2S/c1-14-2-4-16(5-3-14)13-25(23,24)22-8-6-15(7-9-22)11-21-12-17(10-18)19-20-21/h2-5,12,15H,6-11,13,18H2,1H3. The second kappa shape index (κ2) is 7.63. The van der Waals surface area contributed by atoms with Gasteiger partial charge in [-0.1, -0.05) is 35.0 Å². The molecule has 0 spiro atoms. The molecular formula is C17H25N5O2S. The summed E-state index contributed by atoms with van der Waals surface area (Å²) in [4.78, 5) is 0. The molecular weight excluding hydrogens is 338 g/mol. The van der Waals surface area contributed by atoms with Crippen molar-refractivity contribution in [2.75, 3.05) is 13.1 Å². The van der Waals surface area contributed by atoms with Crippen LogP contribution >= 0.6 is 0 Å². The van der Waals surface area contributed by atoms with E-state index in [1.54, 1.807) is 4.31 Å². The average Bonchev–Trinajstić information content (AvgIpc) is 3.05. The third-order valence-corrected chi connectivity index (χ3v) is 6.53. The fraction of sp³-hybridized carbons (Fsp3) is 0.529. The van der Waals surface area contributed by atoms with E-state index in [0.29, 0.717) is 25.6 Å². The Kier molecular flexibility index (Phi) is 5.51. The molecule has 2 heterocycles. The van der Waals surface area contributed by atoms with E-state index < -0.39 is 10.0 Å². The molecule has 0 radical (unpaired) electrons. The number of aromatic nitrogens is 3. The van der Waals surface area contributed by atoms with Crippen molar-refractivity contribution in [3.05, 3.63) is 47.3 Å². The number of hydrogen-bond acceptors (Lipinski definition) is 5. The van der Waals surface area contributed by atoms with Crippen molar-refractivity contribution in [2.45, 2.75) is 38.6 Å². The molecule has 1 aliphatic heterocycles. The van der Waals surface area contributed by atoms with Crippen molar-refractivity contribution >= 4 is 10.0 Å². The zero-order valence-corrected chi connectivity index (χ0v) is 15.3. The maximum Gasteiger partial charge on any atom is 0.218 e. The first-order chi connectivity index (χ1) is 12.0. The summed E-state index contributed by atoms with van der Waals surface area (Å²) in [5, 5.41) is 8.06. The number of rotatable bonds is 6. The smallest absolute Gasteiger partial charge is 0.218 e. The third-order valence-electron chi connectivity index (χ3n) is 4.68. The first-order valence-corrected chi connectivity index (χ1v) is 10.2. The Morgan fingerprint density at radius 3 is 2.48 bits per heavy atom. The highest BCUT2D eigenvalue weighted by Gasteiger charge is 2.28. The lowest BCUT2D eigenvalue weighted by atomic mass is 9.98. The van der Waals surface area contributed by atoms with Crippen LogP contribution in [0.1, 0.15) is 29.7 Å². The largest absolute Gasteiger partial charge is 0.325 e. The lowest BCUT2D eigenvalue weighted by Crippen LogP contribution is -2.39. The fourth-order valence-corrected chi connectivity index (χ4v) is 4.71. The fourth-order valence-electron chi connectivity index (χ4n) is 3.14. The Morgan fingerprint density at radius 1 is 1.20 bits per heavy atom. The van der Waals surface area contributed by atoms with Gasteiger partial charge in [0.25, 0.3) is 0 Å². The number of hydrogen-bond donors (Lipinski definition) is 1. The molecule has 0 amide bonds. The molecule has 1 saturated heterocycles. The maximum atomic E-state index is 12.6. The van der Waals surface area contributed by atoms with Crippen LogP contribution < -0.4 is 5.73 Å². The molecule has 8 heteroatoms. The highest BCUT2D eigenvalue weighted by atomic mass is 32.2. The summed E-state index contributed by atoms with van der Waals surface area (Å²) < 4.78 is 28.7. The van der Waals surface area contributed by atoms with Gasteiger partial charge in [0.05, 0.1) is 11.4 Å². The summed E-state index contributed by atoms with van der Waals surface area (Å²) in [5.41, 5.74) is 8.29. The first kappa shape index (κ1) is 18.0. The Bertz CT molecular complexity index is 793. The molecule has 136 valence electrons. The predicted molar refractivity (Wildman–Crippen MR) is 96.0 cm³/mol. The van der Waals surface area contributed by atoms with Crippen LogP contribution in [0.25, 0.3) is 0 Å². The molecule has 0 unspecified atom stereocenters. The van der Waals surface area contributed by atoms with Gasteiger partial charge in [0.1, 0.15) is 0 Å². The molecule has 1 fully saturated rings. The average molecular weight is 363 g/mol. The van der Waals surface area contributed by atoms with Crippen LogP contribution in [0.4, 0.5) is 0 Å². The lowest BCUT2D eigenvalue weighted by molar-refractivity contribution is 0.246. The van der Waals surface area contributed by atoms with Crippen molar-refractivity contribution in [1.82, 2.24) is 19.3 Å². The number of nitrogens with two attached hydrogens (primary N) is 1. The van der Waals surface area contributed by atoms with Gasteiger partial charge in [-0.3, -0.25) is 4.68 Å². The van der Waals surface area contributed by atoms with Gasteiger partial charge in [0.2, 0.25) is 10.0 Å².